The van der Waals surface area contributed by atoms with Gasteiger partial charge in [-0.05, 0) is 38.1 Å². The average molecular weight is 412 g/mol. The van der Waals surface area contributed by atoms with Crippen LogP contribution in [0.25, 0.3) is 0 Å². The Labute approximate surface area is 171 Å². The van der Waals surface area contributed by atoms with Crippen molar-refractivity contribution < 1.29 is 19.0 Å². The summed E-state index contributed by atoms with van der Waals surface area (Å²) in [5.41, 5.74) is 1.44. The minimum Gasteiger partial charge on any atom is -0.342 e. The van der Waals surface area contributed by atoms with E-state index >= 15 is 0 Å². The second-order valence-corrected chi connectivity index (χ2v) is 9.09. The Morgan fingerprint density at radius 3 is 1.38 bits per heavy atom. The van der Waals surface area contributed by atoms with E-state index in [2.05, 4.69) is 13.2 Å². The number of nitrogens with zero attached hydrogens (tertiary/aromatic N) is 2. The number of carbonyl (C=O) groups excluding carboxylic acids is 2. The molecule has 0 aliphatic rings. The van der Waals surface area contributed by atoms with E-state index in [1.54, 1.807) is 74.5 Å². The van der Waals surface area contributed by atoms with E-state index in [1.807, 2.05) is 0 Å². The highest BCUT2D eigenvalue weighted by molar-refractivity contribution is 7.58. The van der Waals surface area contributed by atoms with Crippen LogP contribution < -0.4 is 9.80 Å². The van der Waals surface area contributed by atoms with E-state index in [1.165, 1.54) is 9.80 Å². The van der Waals surface area contributed by atoms with E-state index in [0.29, 0.717) is 11.4 Å². The smallest absolute Gasteiger partial charge is 0.253 e. The lowest BCUT2D eigenvalue weighted by Crippen LogP contribution is -2.37. The average Bonchev–Trinajstić information content (AvgIpc) is 2.70. The van der Waals surface area contributed by atoms with Crippen molar-refractivity contribution in [2.45, 2.75) is 13.8 Å². The monoisotopic (exact) mass is 412 g/mol. The summed E-state index contributed by atoms with van der Waals surface area (Å²) in [6, 6.07) is 17.2. The molecule has 7 heteroatoms. The summed E-state index contributed by atoms with van der Waals surface area (Å²) in [5, 5.41) is 0. The maximum absolute atomic E-state index is 13.1. The SMILES string of the molecule is C=C(C)C(=O)N(CP(=O)(O)CN(C(=O)C(=C)C)c1ccccc1)c1ccccc1. The standard InChI is InChI=1S/C22H25N2O4P/c1-17(2)21(25)23(19-11-7-5-8-12-19)15-29(27,28)16-24(22(26)18(3)4)20-13-9-6-10-14-20/h5-14H,1,3,15-16H2,2,4H3,(H,27,28). The van der Waals surface area contributed by atoms with Gasteiger partial charge in [-0.1, -0.05) is 49.6 Å². The molecule has 0 saturated heterocycles. The molecule has 0 saturated carbocycles. The molecule has 1 N–H and O–H groups in total. The van der Waals surface area contributed by atoms with Crippen LogP contribution in [0.4, 0.5) is 11.4 Å². The van der Waals surface area contributed by atoms with Crippen molar-refractivity contribution in [3.8, 4) is 0 Å². The molecule has 2 aromatic rings. The Morgan fingerprint density at radius 2 is 1.10 bits per heavy atom. The van der Waals surface area contributed by atoms with Gasteiger partial charge in [0.2, 0.25) is 7.37 Å². The molecule has 152 valence electrons. The molecule has 0 aliphatic heterocycles. The van der Waals surface area contributed by atoms with Crippen LogP contribution in [0.2, 0.25) is 0 Å². The zero-order chi connectivity index (χ0) is 21.6. The topological polar surface area (TPSA) is 77.9 Å². The summed E-state index contributed by atoms with van der Waals surface area (Å²) < 4.78 is 13.1. The molecule has 0 spiro atoms. The number of amides is 2. The van der Waals surface area contributed by atoms with Gasteiger partial charge in [-0.2, -0.15) is 0 Å². The van der Waals surface area contributed by atoms with Crippen LogP contribution in [-0.4, -0.2) is 29.3 Å². The molecule has 0 atom stereocenters. The van der Waals surface area contributed by atoms with E-state index in [4.69, 9.17) is 0 Å². The van der Waals surface area contributed by atoms with Gasteiger partial charge in [-0.3, -0.25) is 24.0 Å². The Balaban J connectivity index is 2.36. The first-order valence-corrected chi connectivity index (χ1v) is 11.0. The molecule has 6 nitrogen and oxygen atoms in total. The third-order valence-corrected chi connectivity index (χ3v) is 5.53. The predicted octanol–water partition coefficient (Wildman–Crippen LogP) is 4.39. The van der Waals surface area contributed by atoms with Crippen molar-refractivity contribution in [3.05, 3.63) is 85.0 Å². The molecule has 2 aromatic carbocycles. The van der Waals surface area contributed by atoms with Crippen LogP contribution in [0.5, 0.6) is 0 Å². The lowest BCUT2D eigenvalue weighted by atomic mass is 10.2. The molecule has 0 unspecified atom stereocenters. The summed E-state index contributed by atoms with van der Waals surface area (Å²) in [4.78, 5) is 38.4. The maximum atomic E-state index is 13.1. The van der Waals surface area contributed by atoms with Gasteiger partial charge in [0.1, 0.15) is 12.6 Å². The Kier molecular flexibility index (Phi) is 7.32. The van der Waals surface area contributed by atoms with Gasteiger partial charge < -0.3 is 4.89 Å². The number of hydrogen-bond donors (Lipinski definition) is 1. The molecule has 0 fully saturated rings. The Bertz CT molecular complexity index is 882. The zero-order valence-corrected chi connectivity index (χ0v) is 17.5. The molecular formula is C22H25N2O4P. The van der Waals surface area contributed by atoms with Gasteiger partial charge in [0.25, 0.3) is 11.8 Å². The molecule has 0 radical (unpaired) electrons. The van der Waals surface area contributed by atoms with E-state index in [0.717, 1.165) is 0 Å². The third kappa shape index (κ3) is 6.01. The third-order valence-electron chi connectivity index (χ3n) is 4.08. The summed E-state index contributed by atoms with van der Waals surface area (Å²) in [5.74, 6) is -0.911. The van der Waals surface area contributed by atoms with Gasteiger partial charge in [-0.25, -0.2) is 0 Å². The fourth-order valence-corrected chi connectivity index (χ4v) is 4.25. The number of rotatable bonds is 8. The van der Waals surface area contributed by atoms with Crippen LogP contribution >= 0.6 is 7.37 Å². The first-order valence-electron chi connectivity index (χ1n) is 8.98. The lowest BCUT2D eigenvalue weighted by Gasteiger charge is -2.29. The van der Waals surface area contributed by atoms with E-state index in [9.17, 15) is 19.0 Å². The van der Waals surface area contributed by atoms with Gasteiger partial charge in [0, 0.05) is 22.5 Å². The number of carbonyl (C=O) groups is 2. The van der Waals surface area contributed by atoms with Gasteiger partial charge in [0.15, 0.2) is 0 Å². The quantitative estimate of drug-likeness (QED) is 0.515. The highest BCUT2D eigenvalue weighted by Gasteiger charge is 2.32. The number of benzene rings is 2. The molecule has 2 amide bonds. The summed E-state index contributed by atoms with van der Waals surface area (Å²) in [6.07, 6.45) is -0.898. The molecule has 0 heterocycles. The zero-order valence-electron chi connectivity index (χ0n) is 16.6. The number of para-hydroxylation sites is 2. The minimum atomic E-state index is -3.99. The highest BCUT2D eigenvalue weighted by Crippen LogP contribution is 2.44. The van der Waals surface area contributed by atoms with Gasteiger partial charge >= 0.3 is 0 Å². The van der Waals surface area contributed by atoms with Crippen molar-refractivity contribution in [3.63, 3.8) is 0 Å². The van der Waals surface area contributed by atoms with Crippen LogP contribution in [0.1, 0.15) is 13.8 Å². The molecule has 0 aromatic heterocycles. The van der Waals surface area contributed by atoms with Crippen LogP contribution in [0.15, 0.2) is 85.0 Å². The van der Waals surface area contributed by atoms with Crippen LogP contribution in [-0.2, 0) is 14.2 Å². The fraction of sp³-hybridized carbons (Fsp3) is 0.182. The summed E-state index contributed by atoms with van der Waals surface area (Å²) in [6.45, 7) is 10.4. The molecular weight excluding hydrogens is 387 g/mol. The molecule has 2 rings (SSSR count). The highest BCUT2D eigenvalue weighted by atomic mass is 31.2. The van der Waals surface area contributed by atoms with Crippen LogP contribution in [0, 0.1) is 0 Å². The first kappa shape index (κ1) is 22.3. The van der Waals surface area contributed by atoms with E-state index in [-0.39, 0.29) is 11.1 Å². The molecule has 0 bridgehead atoms. The van der Waals surface area contributed by atoms with E-state index < -0.39 is 31.8 Å². The number of hydrogen-bond acceptors (Lipinski definition) is 3. The van der Waals surface area contributed by atoms with Crippen molar-refractivity contribution in [2.75, 3.05) is 22.4 Å². The normalized spacial score (nSPS) is 10.9. The van der Waals surface area contributed by atoms with Crippen molar-refractivity contribution in [1.29, 1.82) is 0 Å². The second-order valence-electron chi connectivity index (χ2n) is 6.83. The van der Waals surface area contributed by atoms with Crippen LogP contribution in [0.3, 0.4) is 0 Å². The van der Waals surface area contributed by atoms with Crippen molar-refractivity contribution >= 4 is 30.6 Å². The Hall–Kier alpha value is -2.95. The predicted molar refractivity (Wildman–Crippen MR) is 117 cm³/mol. The lowest BCUT2D eigenvalue weighted by molar-refractivity contribution is -0.115. The fourth-order valence-electron chi connectivity index (χ4n) is 2.69. The van der Waals surface area contributed by atoms with Crippen molar-refractivity contribution in [2.24, 2.45) is 0 Å². The maximum Gasteiger partial charge on any atom is 0.253 e. The summed E-state index contributed by atoms with van der Waals surface area (Å²) in [7, 11) is -3.99. The largest absolute Gasteiger partial charge is 0.342 e. The minimum absolute atomic E-state index is 0.242. The van der Waals surface area contributed by atoms with Gasteiger partial charge in [0.05, 0.1) is 0 Å². The Morgan fingerprint density at radius 1 is 0.793 bits per heavy atom. The first-order chi connectivity index (χ1) is 13.6. The second kappa shape index (κ2) is 9.50. The van der Waals surface area contributed by atoms with Gasteiger partial charge in [-0.15, -0.1) is 0 Å². The summed E-state index contributed by atoms with van der Waals surface area (Å²) >= 11 is 0. The molecule has 0 aliphatic carbocycles. The number of anilines is 2. The van der Waals surface area contributed by atoms with Crippen molar-refractivity contribution in [1.82, 2.24) is 0 Å². The molecule has 29 heavy (non-hydrogen) atoms.